The van der Waals surface area contributed by atoms with E-state index in [1.807, 2.05) is 18.2 Å². The van der Waals surface area contributed by atoms with Gasteiger partial charge in [0.25, 0.3) is 0 Å². The lowest BCUT2D eigenvalue weighted by atomic mass is 9.97. The summed E-state index contributed by atoms with van der Waals surface area (Å²) >= 11 is 0. The van der Waals surface area contributed by atoms with Gasteiger partial charge in [0.2, 0.25) is 0 Å². The molecule has 88 valence electrons. The second-order valence-electron chi connectivity index (χ2n) is 4.42. The Hall–Kier alpha value is -1.83. The Kier molecular flexibility index (Phi) is 3.43. The van der Waals surface area contributed by atoms with Crippen molar-refractivity contribution in [1.82, 2.24) is 0 Å². The van der Waals surface area contributed by atoms with Gasteiger partial charge in [-0.1, -0.05) is 49.4 Å². The van der Waals surface area contributed by atoms with Gasteiger partial charge in [-0.3, -0.25) is 4.79 Å². The van der Waals surface area contributed by atoms with Crippen LogP contribution in [0, 0.1) is 5.92 Å². The molecule has 2 aromatic carbocycles. The summed E-state index contributed by atoms with van der Waals surface area (Å²) in [5, 5.41) is 11.3. The first-order valence-electron chi connectivity index (χ1n) is 5.88. The number of fused-ring (bicyclic) bond motifs is 1. The molecular weight excluding hydrogens is 212 g/mol. The summed E-state index contributed by atoms with van der Waals surface area (Å²) in [6.07, 6.45) is 1.50. The fraction of sp³-hybridized carbons (Fsp3) is 0.267. The lowest BCUT2D eigenvalue weighted by Gasteiger charge is -2.08. The lowest BCUT2D eigenvalue weighted by Crippen LogP contribution is -2.10. The van der Waals surface area contributed by atoms with Crippen molar-refractivity contribution in [2.75, 3.05) is 0 Å². The maximum absolute atomic E-state index is 10.8. The minimum absolute atomic E-state index is 0.283. The van der Waals surface area contributed by atoms with Gasteiger partial charge in [-0.2, -0.15) is 0 Å². The summed E-state index contributed by atoms with van der Waals surface area (Å²) in [7, 11) is 0. The highest BCUT2D eigenvalue weighted by Gasteiger charge is 2.11. The van der Waals surface area contributed by atoms with Crippen molar-refractivity contribution in [3.05, 3.63) is 48.0 Å². The number of rotatable bonds is 4. The van der Waals surface area contributed by atoms with Crippen molar-refractivity contribution >= 4 is 16.7 Å². The van der Waals surface area contributed by atoms with Crippen LogP contribution in [0.1, 0.15) is 18.9 Å². The standard InChI is InChI=1S/C15H16O2/c1-11(15(16)17)9-10-13-7-4-6-12-5-2-3-8-14(12)13/h2-8,11H,9-10H2,1H3,(H,16,17)/t11-/m1/s1. The van der Waals surface area contributed by atoms with Gasteiger partial charge in [-0.25, -0.2) is 0 Å². The van der Waals surface area contributed by atoms with Crippen LogP contribution in [-0.4, -0.2) is 11.1 Å². The van der Waals surface area contributed by atoms with Gasteiger partial charge in [0.15, 0.2) is 0 Å². The predicted octanol–water partition coefficient (Wildman–Crippen LogP) is 3.49. The van der Waals surface area contributed by atoms with E-state index in [1.165, 1.54) is 16.3 Å². The van der Waals surface area contributed by atoms with E-state index in [2.05, 4.69) is 24.3 Å². The second kappa shape index (κ2) is 5.00. The molecule has 0 saturated carbocycles. The van der Waals surface area contributed by atoms with Crippen LogP contribution in [0.2, 0.25) is 0 Å². The van der Waals surface area contributed by atoms with E-state index >= 15 is 0 Å². The van der Waals surface area contributed by atoms with E-state index in [0.717, 1.165) is 6.42 Å². The third-order valence-corrected chi connectivity index (χ3v) is 3.15. The van der Waals surface area contributed by atoms with Gasteiger partial charge < -0.3 is 5.11 Å². The molecule has 0 aliphatic rings. The number of carboxylic acids is 1. The first kappa shape index (κ1) is 11.6. The molecule has 0 saturated heterocycles. The molecule has 0 aromatic heterocycles. The number of aryl methyl sites for hydroxylation is 1. The molecule has 0 aliphatic carbocycles. The smallest absolute Gasteiger partial charge is 0.306 e. The summed E-state index contributed by atoms with van der Waals surface area (Å²) in [6.45, 7) is 1.76. The van der Waals surface area contributed by atoms with Gasteiger partial charge >= 0.3 is 5.97 Å². The Labute approximate surface area is 101 Å². The second-order valence-corrected chi connectivity index (χ2v) is 4.42. The van der Waals surface area contributed by atoms with Gasteiger partial charge in [-0.15, -0.1) is 0 Å². The number of hydrogen-bond acceptors (Lipinski definition) is 1. The van der Waals surface area contributed by atoms with Crippen LogP contribution in [0.25, 0.3) is 10.8 Å². The molecule has 0 fully saturated rings. The first-order chi connectivity index (χ1) is 8.18. The van der Waals surface area contributed by atoms with Crippen molar-refractivity contribution in [3.63, 3.8) is 0 Å². The van der Waals surface area contributed by atoms with Crippen LogP contribution < -0.4 is 0 Å². The van der Waals surface area contributed by atoms with Gasteiger partial charge in [0, 0.05) is 0 Å². The summed E-state index contributed by atoms with van der Waals surface area (Å²) in [5.74, 6) is -1.00. The van der Waals surface area contributed by atoms with E-state index < -0.39 is 5.97 Å². The quantitative estimate of drug-likeness (QED) is 0.869. The van der Waals surface area contributed by atoms with E-state index in [4.69, 9.17) is 5.11 Å². The number of hydrogen-bond donors (Lipinski definition) is 1. The number of aliphatic carboxylic acids is 1. The molecule has 0 heterocycles. The minimum atomic E-state index is -0.717. The van der Waals surface area contributed by atoms with Crippen LogP contribution in [-0.2, 0) is 11.2 Å². The zero-order valence-corrected chi connectivity index (χ0v) is 9.89. The molecule has 0 bridgehead atoms. The summed E-state index contributed by atoms with van der Waals surface area (Å²) in [4.78, 5) is 10.8. The van der Waals surface area contributed by atoms with E-state index in [1.54, 1.807) is 6.92 Å². The SMILES string of the molecule is C[C@H](CCc1cccc2ccccc12)C(=O)O. The van der Waals surface area contributed by atoms with E-state index in [-0.39, 0.29) is 5.92 Å². The average molecular weight is 228 g/mol. The number of carbonyl (C=O) groups is 1. The highest BCUT2D eigenvalue weighted by Crippen LogP contribution is 2.21. The van der Waals surface area contributed by atoms with Crippen LogP contribution in [0.5, 0.6) is 0 Å². The maximum Gasteiger partial charge on any atom is 0.306 e. The number of carboxylic acid groups (broad SMARTS) is 1. The van der Waals surface area contributed by atoms with Crippen molar-refractivity contribution in [2.24, 2.45) is 5.92 Å². The molecule has 17 heavy (non-hydrogen) atoms. The Balaban J connectivity index is 2.21. The van der Waals surface area contributed by atoms with E-state index in [9.17, 15) is 4.79 Å². The molecule has 2 heteroatoms. The third-order valence-electron chi connectivity index (χ3n) is 3.15. The normalized spacial score (nSPS) is 12.5. The summed E-state index contributed by atoms with van der Waals surface area (Å²) < 4.78 is 0. The average Bonchev–Trinajstić information content (AvgIpc) is 2.35. The molecule has 2 rings (SSSR count). The van der Waals surface area contributed by atoms with Crippen molar-refractivity contribution in [1.29, 1.82) is 0 Å². The molecule has 2 nitrogen and oxygen atoms in total. The minimum Gasteiger partial charge on any atom is -0.481 e. The Morgan fingerprint density at radius 1 is 1.18 bits per heavy atom. The fourth-order valence-electron chi connectivity index (χ4n) is 2.01. The zero-order valence-electron chi connectivity index (χ0n) is 9.89. The maximum atomic E-state index is 10.8. The summed E-state index contributed by atoms with van der Waals surface area (Å²) in [6, 6.07) is 14.4. The monoisotopic (exact) mass is 228 g/mol. The van der Waals surface area contributed by atoms with E-state index in [0.29, 0.717) is 6.42 Å². The first-order valence-corrected chi connectivity index (χ1v) is 5.88. The zero-order chi connectivity index (χ0) is 12.3. The van der Waals surface area contributed by atoms with Crippen LogP contribution >= 0.6 is 0 Å². The Morgan fingerprint density at radius 2 is 1.88 bits per heavy atom. The highest BCUT2D eigenvalue weighted by molar-refractivity contribution is 5.85. The Bertz CT molecular complexity index is 526. The third kappa shape index (κ3) is 2.64. The highest BCUT2D eigenvalue weighted by atomic mass is 16.4. The van der Waals surface area contributed by atoms with Crippen LogP contribution in [0.4, 0.5) is 0 Å². The molecule has 2 aromatic rings. The number of benzene rings is 2. The molecule has 1 N–H and O–H groups in total. The largest absolute Gasteiger partial charge is 0.481 e. The van der Waals surface area contributed by atoms with Crippen molar-refractivity contribution in [2.45, 2.75) is 19.8 Å². The van der Waals surface area contributed by atoms with Gasteiger partial charge in [-0.05, 0) is 29.2 Å². The van der Waals surface area contributed by atoms with Crippen molar-refractivity contribution < 1.29 is 9.90 Å². The van der Waals surface area contributed by atoms with Gasteiger partial charge in [0.1, 0.15) is 0 Å². The molecular formula is C15H16O2. The molecule has 1 atom stereocenters. The summed E-state index contributed by atoms with van der Waals surface area (Å²) in [5.41, 5.74) is 1.23. The van der Waals surface area contributed by atoms with Crippen LogP contribution in [0.15, 0.2) is 42.5 Å². The van der Waals surface area contributed by atoms with Crippen molar-refractivity contribution in [3.8, 4) is 0 Å². The van der Waals surface area contributed by atoms with Crippen LogP contribution in [0.3, 0.4) is 0 Å². The molecule has 0 unspecified atom stereocenters. The molecule has 0 aliphatic heterocycles. The molecule has 0 spiro atoms. The Morgan fingerprint density at radius 3 is 2.65 bits per heavy atom. The molecule has 0 radical (unpaired) electrons. The predicted molar refractivity (Wildman–Crippen MR) is 69.1 cm³/mol. The van der Waals surface area contributed by atoms with Gasteiger partial charge in [0.05, 0.1) is 5.92 Å². The molecule has 0 amide bonds. The topological polar surface area (TPSA) is 37.3 Å². The fourth-order valence-corrected chi connectivity index (χ4v) is 2.01. The lowest BCUT2D eigenvalue weighted by molar-refractivity contribution is -0.141.